The summed E-state index contributed by atoms with van der Waals surface area (Å²) in [5, 5.41) is 3.16. The Morgan fingerprint density at radius 1 is 1.36 bits per heavy atom. The first-order valence-corrected chi connectivity index (χ1v) is 9.26. The summed E-state index contributed by atoms with van der Waals surface area (Å²) >= 11 is 0. The van der Waals surface area contributed by atoms with Gasteiger partial charge in [0.1, 0.15) is 6.61 Å². The zero-order valence-electron chi connectivity index (χ0n) is 15.4. The van der Waals surface area contributed by atoms with E-state index in [0.29, 0.717) is 12.5 Å². The molecule has 1 aromatic rings. The van der Waals surface area contributed by atoms with Crippen molar-refractivity contribution in [2.45, 2.75) is 46.2 Å². The van der Waals surface area contributed by atoms with Crippen LogP contribution in [0.4, 0.5) is 0 Å². The number of pyridine rings is 1. The zero-order chi connectivity index (χ0) is 18.0. The zero-order valence-corrected chi connectivity index (χ0v) is 15.4. The van der Waals surface area contributed by atoms with Crippen molar-refractivity contribution < 1.29 is 9.53 Å². The van der Waals surface area contributed by atoms with Gasteiger partial charge in [-0.05, 0) is 45.4 Å². The lowest BCUT2D eigenvalue weighted by Gasteiger charge is -2.19. The number of nitrogens with zero attached hydrogens (tertiary/aromatic N) is 1. The van der Waals surface area contributed by atoms with E-state index in [1.165, 1.54) is 12.8 Å². The van der Waals surface area contributed by atoms with Gasteiger partial charge in [0.05, 0.1) is 0 Å². The molecule has 1 aliphatic carbocycles. The van der Waals surface area contributed by atoms with Crippen LogP contribution in [-0.2, 0) is 16.1 Å². The first-order chi connectivity index (χ1) is 12.0. The molecule has 0 aromatic carbocycles. The van der Waals surface area contributed by atoms with Crippen molar-refractivity contribution in [3.05, 3.63) is 33.2 Å². The van der Waals surface area contributed by atoms with Gasteiger partial charge in [-0.2, -0.15) is 0 Å². The van der Waals surface area contributed by atoms with Gasteiger partial charge in [0.15, 0.2) is 5.43 Å². The molecule has 1 saturated heterocycles. The first-order valence-electron chi connectivity index (χ1n) is 9.26. The number of likely N-dealkylation sites (tertiary alicyclic amines) is 1. The highest BCUT2D eigenvalue weighted by atomic mass is 16.5. The topological polar surface area (TPSA) is 74.4 Å². The minimum atomic E-state index is -0.0285. The summed E-state index contributed by atoms with van der Waals surface area (Å²) in [4.78, 5) is 29.8. The molecule has 1 amide bonds. The molecule has 0 radical (unpaired) electrons. The summed E-state index contributed by atoms with van der Waals surface area (Å²) in [6, 6.07) is 0.179. The fraction of sp³-hybridized carbons (Fsp3) is 0.684. The summed E-state index contributed by atoms with van der Waals surface area (Å²) in [6.07, 6.45) is 4.31. The summed E-state index contributed by atoms with van der Waals surface area (Å²) in [6.45, 7) is 8.82. The number of carbonyl (C=O) groups is 1. The number of amides is 1. The summed E-state index contributed by atoms with van der Waals surface area (Å²) in [7, 11) is 0. The molecule has 0 spiro atoms. The van der Waals surface area contributed by atoms with Crippen LogP contribution in [0.2, 0.25) is 0 Å². The molecule has 6 nitrogen and oxygen atoms in total. The fourth-order valence-corrected chi connectivity index (χ4v) is 3.83. The molecule has 1 aliphatic heterocycles. The molecule has 1 aromatic heterocycles. The average Bonchev–Trinajstić information content (AvgIpc) is 3.36. The Morgan fingerprint density at radius 2 is 2.12 bits per heavy atom. The lowest BCUT2D eigenvalue weighted by Crippen LogP contribution is -2.42. The maximum absolute atomic E-state index is 12.1. The molecule has 2 aliphatic rings. The van der Waals surface area contributed by atoms with Gasteiger partial charge in [0.25, 0.3) is 0 Å². The Bertz CT molecular complexity index is 681. The van der Waals surface area contributed by atoms with Crippen LogP contribution < -0.4 is 10.7 Å². The van der Waals surface area contributed by atoms with Gasteiger partial charge in [-0.25, -0.2) is 0 Å². The SMILES string of the molecule is CCOCC(=O)N[C@@H]1CN(Cc2[nH]cc(C)c(=O)c2C)C[C@H]1C1CC1. The number of H-pyrrole nitrogens is 1. The Hall–Kier alpha value is -1.66. The van der Waals surface area contributed by atoms with E-state index in [2.05, 4.69) is 15.2 Å². The van der Waals surface area contributed by atoms with E-state index in [0.717, 1.165) is 42.4 Å². The predicted molar refractivity (Wildman–Crippen MR) is 96.5 cm³/mol. The normalized spacial score (nSPS) is 23.8. The second kappa shape index (κ2) is 7.70. The highest BCUT2D eigenvalue weighted by Gasteiger charge is 2.43. The molecule has 0 bridgehead atoms. The Morgan fingerprint density at radius 3 is 2.80 bits per heavy atom. The first kappa shape index (κ1) is 18.1. The monoisotopic (exact) mass is 347 g/mol. The van der Waals surface area contributed by atoms with Gasteiger partial charge in [-0.15, -0.1) is 0 Å². The Labute approximate surface area is 148 Å². The van der Waals surface area contributed by atoms with Crippen molar-refractivity contribution in [1.29, 1.82) is 0 Å². The number of hydrogen-bond donors (Lipinski definition) is 2. The van der Waals surface area contributed by atoms with Gasteiger partial charge in [0, 0.05) is 55.3 Å². The van der Waals surface area contributed by atoms with E-state index in [4.69, 9.17) is 4.74 Å². The number of aryl methyl sites for hydroxylation is 1. The maximum atomic E-state index is 12.1. The van der Waals surface area contributed by atoms with Crippen LogP contribution >= 0.6 is 0 Å². The Balaban J connectivity index is 1.65. The number of ether oxygens (including phenoxy) is 1. The van der Waals surface area contributed by atoms with Crippen molar-refractivity contribution >= 4 is 5.91 Å². The predicted octanol–water partition coefficient (Wildman–Crippen LogP) is 1.35. The van der Waals surface area contributed by atoms with Crippen LogP contribution in [0.25, 0.3) is 0 Å². The third-order valence-electron chi connectivity index (χ3n) is 5.45. The molecule has 6 heteroatoms. The quantitative estimate of drug-likeness (QED) is 0.781. The fourth-order valence-electron chi connectivity index (χ4n) is 3.83. The van der Waals surface area contributed by atoms with Crippen LogP contribution in [0, 0.1) is 25.7 Å². The van der Waals surface area contributed by atoms with Crippen molar-refractivity contribution in [2.75, 3.05) is 26.3 Å². The van der Waals surface area contributed by atoms with Gasteiger partial charge in [-0.1, -0.05) is 0 Å². The molecular weight excluding hydrogens is 318 g/mol. The molecule has 1 saturated carbocycles. The smallest absolute Gasteiger partial charge is 0.246 e. The second-order valence-electron chi connectivity index (χ2n) is 7.41. The van der Waals surface area contributed by atoms with E-state index < -0.39 is 0 Å². The van der Waals surface area contributed by atoms with E-state index in [9.17, 15) is 9.59 Å². The average molecular weight is 347 g/mol. The number of nitrogens with one attached hydrogen (secondary N) is 2. The summed E-state index contributed by atoms with van der Waals surface area (Å²) in [5.41, 5.74) is 2.64. The maximum Gasteiger partial charge on any atom is 0.246 e. The minimum Gasteiger partial charge on any atom is -0.372 e. The molecule has 2 heterocycles. The molecule has 25 heavy (non-hydrogen) atoms. The lowest BCUT2D eigenvalue weighted by molar-refractivity contribution is -0.126. The van der Waals surface area contributed by atoms with E-state index in [-0.39, 0.29) is 24.0 Å². The number of aromatic amines is 1. The van der Waals surface area contributed by atoms with Crippen LogP contribution in [0.3, 0.4) is 0 Å². The van der Waals surface area contributed by atoms with Crippen molar-refractivity contribution in [2.24, 2.45) is 11.8 Å². The van der Waals surface area contributed by atoms with Crippen LogP contribution in [0.5, 0.6) is 0 Å². The van der Waals surface area contributed by atoms with Crippen LogP contribution in [0.15, 0.2) is 11.0 Å². The van der Waals surface area contributed by atoms with Gasteiger partial charge < -0.3 is 15.0 Å². The molecular formula is C19H29N3O3. The van der Waals surface area contributed by atoms with Crippen LogP contribution in [0.1, 0.15) is 36.6 Å². The lowest BCUT2D eigenvalue weighted by atomic mass is 9.98. The largest absolute Gasteiger partial charge is 0.372 e. The minimum absolute atomic E-state index is 0.0285. The van der Waals surface area contributed by atoms with Crippen LogP contribution in [-0.4, -0.2) is 48.1 Å². The second-order valence-corrected chi connectivity index (χ2v) is 7.41. The van der Waals surface area contributed by atoms with Crippen molar-refractivity contribution in [3.63, 3.8) is 0 Å². The number of rotatable bonds is 7. The third kappa shape index (κ3) is 4.30. The number of hydrogen-bond acceptors (Lipinski definition) is 4. The molecule has 2 fully saturated rings. The number of carbonyl (C=O) groups excluding carboxylic acids is 1. The van der Waals surface area contributed by atoms with Gasteiger partial charge >= 0.3 is 0 Å². The van der Waals surface area contributed by atoms with Gasteiger partial charge in [0.2, 0.25) is 5.91 Å². The standard InChI is InChI=1S/C19H29N3O3/c1-4-25-11-18(23)21-17-10-22(8-15(17)14-5-6-14)9-16-13(3)19(24)12(2)7-20-16/h7,14-15,17H,4-6,8-11H2,1-3H3,(H,20,24)(H,21,23)/t15-,17+/m0/s1. The molecule has 3 rings (SSSR count). The van der Waals surface area contributed by atoms with E-state index in [1.807, 2.05) is 20.8 Å². The van der Waals surface area contributed by atoms with E-state index >= 15 is 0 Å². The summed E-state index contributed by atoms with van der Waals surface area (Å²) in [5.74, 6) is 1.20. The molecule has 0 unspecified atom stereocenters. The molecule has 2 atom stereocenters. The summed E-state index contributed by atoms with van der Waals surface area (Å²) < 4.78 is 5.21. The van der Waals surface area contributed by atoms with Crippen molar-refractivity contribution in [3.8, 4) is 0 Å². The van der Waals surface area contributed by atoms with Gasteiger partial charge in [-0.3, -0.25) is 14.5 Å². The highest BCUT2D eigenvalue weighted by molar-refractivity contribution is 5.77. The van der Waals surface area contributed by atoms with E-state index in [1.54, 1.807) is 6.20 Å². The molecule has 138 valence electrons. The third-order valence-corrected chi connectivity index (χ3v) is 5.45. The molecule has 2 N–H and O–H groups in total. The Kier molecular flexibility index (Phi) is 5.59. The highest BCUT2D eigenvalue weighted by Crippen LogP contribution is 2.41. The van der Waals surface area contributed by atoms with Crippen molar-refractivity contribution in [1.82, 2.24) is 15.2 Å². The number of aromatic nitrogens is 1.